The van der Waals surface area contributed by atoms with Crippen molar-refractivity contribution in [3.05, 3.63) is 0 Å². The van der Waals surface area contributed by atoms with E-state index in [4.69, 9.17) is 10.2 Å². The average molecular weight is 161 g/mol. The Kier molecular flexibility index (Phi) is 7.89. The van der Waals surface area contributed by atoms with Gasteiger partial charge in [-0.2, -0.15) is 0 Å². The van der Waals surface area contributed by atoms with Crippen LogP contribution < -0.4 is 5.32 Å². The summed E-state index contributed by atoms with van der Waals surface area (Å²) >= 11 is 0. The van der Waals surface area contributed by atoms with Gasteiger partial charge < -0.3 is 15.5 Å². The van der Waals surface area contributed by atoms with Gasteiger partial charge in [-0.3, -0.25) is 0 Å². The summed E-state index contributed by atoms with van der Waals surface area (Å²) in [5, 5.41) is 20.5. The van der Waals surface area contributed by atoms with E-state index in [1.54, 1.807) is 0 Å². The van der Waals surface area contributed by atoms with Crippen molar-refractivity contribution < 1.29 is 10.2 Å². The third-order valence-corrected chi connectivity index (χ3v) is 1.63. The molecule has 0 aromatic carbocycles. The van der Waals surface area contributed by atoms with Gasteiger partial charge in [0.05, 0.1) is 6.61 Å². The standard InChI is InChI=1S/C8H19NO2/c1-2-4-8(7-11)9-5-3-6-10/h8-11H,2-7H2,1H3. The second-order valence-corrected chi connectivity index (χ2v) is 2.70. The third kappa shape index (κ3) is 6.28. The summed E-state index contributed by atoms with van der Waals surface area (Å²) in [5.74, 6) is 0. The van der Waals surface area contributed by atoms with E-state index >= 15 is 0 Å². The van der Waals surface area contributed by atoms with E-state index in [0.717, 1.165) is 25.8 Å². The van der Waals surface area contributed by atoms with Gasteiger partial charge >= 0.3 is 0 Å². The monoisotopic (exact) mass is 161 g/mol. The second kappa shape index (κ2) is 7.98. The van der Waals surface area contributed by atoms with Crippen molar-refractivity contribution >= 4 is 0 Å². The van der Waals surface area contributed by atoms with Gasteiger partial charge in [0, 0.05) is 12.6 Å². The Balaban J connectivity index is 3.20. The Morgan fingerprint density at radius 3 is 2.55 bits per heavy atom. The van der Waals surface area contributed by atoms with Crippen molar-refractivity contribution in [2.45, 2.75) is 32.2 Å². The predicted octanol–water partition coefficient (Wildman–Crippen LogP) is 0.119. The molecule has 3 nitrogen and oxygen atoms in total. The first-order valence-corrected chi connectivity index (χ1v) is 4.30. The molecule has 0 aliphatic heterocycles. The predicted molar refractivity (Wildman–Crippen MR) is 45.5 cm³/mol. The van der Waals surface area contributed by atoms with Crippen LogP contribution in [0.2, 0.25) is 0 Å². The zero-order valence-electron chi connectivity index (χ0n) is 7.21. The van der Waals surface area contributed by atoms with Crippen LogP contribution in [0.25, 0.3) is 0 Å². The zero-order valence-corrected chi connectivity index (χ0v) is 7.21. The third-order valence-electron chi connectivity index (χ3n) is 1.63. The Morgan fingerprint density at radius 2 is 2.09 bits per heavy atom. The molecule has 1 atom stereocenters. The van der Waals surface area contributed by atoms with Crippen molar-refractivity contribution in [3.63, 3.8) is 0 Å². The molecule has 0 aromatic heterocycles. The molecule has 0 spiro atoms. The molecule has 1 unspecified atom stereocenters. The lowest BCUT2D eigenvalue weighted by atomic mass is 10.2. The van der Waals surface area contributed by atoms with Crippen LogP contribution in [0.1, 0.15) is 26.2 Å². The van der Waals surface area contributed by atoms with Crippen molar-refractivity contribution in [1.82, 2.24) is 5.32 Å². The van der Waals surface area contributed by atoms with E-state index in [0.29, 0.717) is 0 Å². The molecule has 0 aromatic rings. The lowest BCUT2D eigenvalue weighted by Crippen LogP contribution is -2.33. The summed E-state index contributed by atoms with van der Waals surface area (Å²) < 4.78 is 0. The van der Waals surface area contributed by atoms with Gasteiger partial charge in [-0.1, -0.05) is 13.3 Å². The Hall–Kier alpha value is -0.120. The molecule has 0 radical (unpaired) electrons. The van der Waals surface area contributed by atoms with Gasteiger partial charge in [0.15, 0.2) is 0 Å². The molecule has 0 aliphatic rings. The van der Waals surface area contributed by atoms with Crippen LogP contribution in [0.15, 0.2) is 0 Å². The molecule has 3 N–H and O–H groups in total. The average Bonchev–Trinajstić information content (AvgIpc) is 2.03. The Labute approximate surface area is 68.4 Å². The number of rotatable bonds is 7. The molecule has 0 bridgehead atoms. The first-order valence-electron chi connectivity index (χ1n) is 4.30. The van der Waals surface area contributed by atoms with Crippen molar-refractivity contribution in [2.75, 3.05) is 19.8 Å². The molecule has 0 amide bonds. The highest BCUT2D eigenvalue weighted by Gasteiger charge is 2.02. The Bertz CT molecular complexity index is 78.5. The highest BCUT2D eigenvalue weighted by Crippen LogP contribution is 1.94. The first kappa shape index (κ1) is 10.9. The lowest BCUT2D eigenvalue weighted by Gasteiger charge is -2.14. The molecule has 0 fully saturated rings. The van der Waals surface area contributed by atoms with Gasteiger partial charge in [-0.25, -0.2) is 0 Å². The van der Waals surface area contributed by atoms with E-state index in [9.17, 15) is 0 Å². The molecule has 3 heteroatoms. The van der Waals surface area contributed by atoms with Crippen LogP contribution >= 0.6 is 0 Å². The zero-order chi connectivity index (χ0) is 8.53. The molecule has 68 valence electrons. The van der Waals surface area contributed by atoms with Crippen LogP contribution in [0.3, 0.4) is 0 Å². The van der Waals surface area contributed by atoms with Crippen LogP contribution in [-0.4, -0.2) is 36.0 Å². The number of hydrogen-bond donors (Lipinski definition) is 3. The summed E-state index contributed by atoms with van der Waals surface area (Å²) in [6.45, 7) is 3.30. The van der Waals surface area contributed by atoms with Crippen molar-refractivity contribution in [1.29, 1.82) is 0 Å². The Morgan fingerprint density at radius 1 is 1.36 bits per heavy atom. The fourth-order valence-electron chi connectivity index (χ4n) is 0.992. The smallest absolute Gasteiger partial charge is 0.0584 e. The molecular weight excluding hydrogens is 142 g/mol. The molecule has 0 heterocycles. The first-order chi connectivity index (χ1) is 5.35. The SMILES string of the molecule is CCCC(CO)NCCCO. The van der Waals surface area contributed by atoms with Crippen LogP contribution in [-0.2, 0) is 0 Å². The van der Waals surface area contributed by atoms with E-state index in [2.05, 4.69) is 12.2 Å². The number of aliphatic hydroxyl groups excluding tert-OH is 2. The molecule has 0 rings (SSSR count). The van der Waals surface area contributed by atoms with Crippen LogP contribution in [0, 0.1) is 0 Å². The molecule has 11 heavy (non-hydrogen) atoms. The summed E-state index contributed by atoms with van der Waals surface area (Å²) in [7, 11) is 0. The van der Waals surface area contributed by atoms with E-state index in [1.165, 1.54) is 0 Å². The van der Waals surface area contributed by atoms with Crippen molar-refractivity contribution in [2.24, 2.45) is 0 Å². The summed E-state index contributed by atoms with van der Waals surface area (Å²) in [6, 6.07) is 0.214. The van der Waals surface area contributed by atoms with Crippen LogP contribution in [0.5, 0.6) is 0 Å². The molecular formula is C8H19NO2. The molecule has 0 aliphatic carbocycles. The van der Waals surface area contributed by atoms with Crippen LogP contribution in [0.4, 0.5) is 0 Å². The fourth-order valence-corrected chi connectivity index (χ4v) is 0.992. The minimum atomic E-state index is 0.194. The van der Waals surface area contributed by atoms with Gasteiger partial charge in [-0.05, 0) is 19.4 Å². The number of hydrogen-bond acceptors (Lipinski definition) is 3. The topological polar surface area (TPSA) is 52.5 Å². The maximum atomic E-state index is 8.83. The molecule has 0 saturated carbocycles. The van der Waals surface area contributed by atoms with Gasteiger partial charge in [-0.15, -0.1) is 0 Å². The van der Waals surface area contributed by atoms with Gasteiger partial charge in [0.1, 0.15) is 0 Å². The maximum absolute atomic E-state index is 8.83. The highest BCUT2D eigenvalue weighted by molar-refractivity contribution is 4.63. The number of aliphatic hydroxyl groups is 2. The van der Waals surface area contributed by atoms with E-state index < -0.39 is 0 Å². The van der Waals surface area contributed by atoms with Crippen molar-refractivity contribution in [3.8, 4) is 0 Å². The highest BCUT2D eigenvalue weighted by atomic mass is 16.3. The summed E-state index contributed by atoms with van der Waals surface area (Å²) in [6.07, 6.45) is 2.85. The largest absolute Gasteiger partial charge is 0.396 e. The minimum absolute atomic E-state index is 0.194. The van der Waals surface area contributed by atoms with Gasteiger partial charge in [0.2, 0.25) is 0 Å². The van der Waals surface area contributed by atoms with E-state index in [1.807, 2.05) is 0 Å². The quantitative estimate of drug-likeness (QED) is 0.465. The maximum Gasteiger partial charge on any atom is 0.0584 e. The summed E-state index contributed by atoms with van der Waals surface area (Å²) in [5.41, 5.74) is 0. The normalized spacial score (nSPS) is 13.4. The lowest BCUT2D eigenvalue weighted by molar-refractivity contribution is 0.227. The minimum Gasteiger partial charge on any atom is -0.396 e. The van der Waals surface area contributed by atoms with E-state index in [-0.39, 0.29) is 19.3 Å². The number of nitrogens with one attached hydrogen (secondary N) is 1. The van der Waals surface area contributed by atoms with Gasteiger partial charge in [0.25, 0.3) is 0 Å². The molecule has 0 saturated heterocycles. The second-order valence-electron chi connectivity index (χ2n) is 2.70. The fraction of sp³-hybridized carbons (Fsp3) is 1.00. The summed E-state index contributed by atoms with van der Waals surface area (Å²) in [4.78, 5) is 0.